The van der Waals surface area contributed by atoms with Gasteiger partial charge in [0.2, 0.25) is 11.8 Å². The molecule has 0 aliphatic rings. The van der Waals surface area contributed by atoms with Gasteiger partial charge in [0.05, 0.1) is 11.8 Å². The van der Waals surface area contributed by atoms with Crippen molar-refractivity contribution in [2.45, 2.75) is 11.3 Å². The molecule has 0 aliphatic heterocycles. The molecule has 1 amide bonds. The molecule has 0 unspecified atom stereocenters. The van der Waals surface area contributed by atoms with E-state index >= 15 is 0 Å². The number of amides is 1. The van der Waals surface area contributed by atoms with Gasteiger partial charge in [-0.05, 0) is 35.4 Å². The van der Waals surface area contributed by atoms with Crippen LogP contribution in [0, 0.1) is 0 Å². The van der Waals surface area contributed by atoms with Gasteiger partial charge >= 0.3 is 0 Å². The molecule has 5 nitrogen and oxygen atoms in total. The molecule has 0 saturated heterocycles. The molecule has 0 fully saturated rings. The second-order valence-corrected chi connectivity index (χ2v) is 7.85. The fourth-order valence-corrected chi connectivity index (χ4v) is 3.66. The minimum absolute atomic E-state index is 0.121. The number of rotatable bonds is 7. The molecule has 0 aliphatic carbocycles. The average molecular weight is 436 g/mol. The Bertz CT molecular complexity index is 1060. The lowest BCUT2D eigenvalue weighted by Gasteiger charge is -2.19. The van der Waals surface area contributed by atoms with Crippen LogP contribution in [0.3, 0.4) is 0 Å². The van der Waals surface area contributed by atoms with Crippen molar-refractivity contribution in [3.05, 3.63) is 101 Å². The Kier molecular flexibility index (Phi) is 6.47. The molecule has 0 bridgehead atoms. The van der Waals surface area contributed by atoms with E-state index in [1.165, 1.54) is 11.8 Å². The molecule has 0 spiro atoms. The zero-order valence-electron chi connectivity index (χ0n) is 15.9. The average Bonchev–Trinajstić information content (AvgIpc) is 3.27. The van der Waals surface area contributed by atoms with Gasteiger partial charge in [0.1, 0.15) is 0 Å². The number of hydrogen-bond acceptors (Lipinski definition) is 5. The van der Waals surface area contributed by atoms with Crippen LogP contribution < -0.4 is 5.32 Å². The summed E-state index contributed by atoms with van der Waals surface area (Å²) >= 11 is 7.10. The van der Waals surface area contributed by atoms with Crippen molar-refractivity contribution < 1.29 is 9.21 Å². The highest BCUT2D eigenvalue weighted by atomic mass is 35.5. The normalized spacial score (nSPS) is 10.9. The van der Waals surface area contributed by atoms with E-state index in [0.717, 1.165) is 16.7 Å². The Morgan fingerprint density at radius 2 is 1.50 bits per heavy atom. The standard InChI is InChI=1S/C23H18ClN3O2S/c24-19-13-11-18(12-14-19)22-26-27-23(29-22)30-15-20(28)25-21(16-7-3-1-4-8-16)17-9-5-2-6-10-17/h1-14,21H,15H2,(H,25,28). The molecule has 1 N–H and O–H groups in total. The number of carbonyl (C=O) groups is 1. The molecular formula is C23H18ClN3O2S. The van der Waals surface area contributed by atoms with Crippen LogP contribution in [0.1, 0.15) is 17.2 Å². The van der Waals surface area contributed by atoms with Crippen molar-refractivity contribution in [1.82, 2.24) is 15.5 Å². The Hall–Kier alpha value is -3.09. The van der Waals surface area contributed by atoms with Crippen LogP contribution in [0.2, 0.25) is 5.02 Å². The number of aromatic nitrogens is 2. The highest BCUT2D eigenvalue weighted by Crippen LogP contribution is 2.25. The highest BCUT2D eigenvalue weighted by Gasteiger charge is 2.18. The van der Waals surface area contributed by atoms with Crippen molar-refractivity contribution in [3.63, 3.8) is 0 Å². The van der Waals surface area contributed by atoms with Crippen molar-refractivity contribution in [1.29, 1.82) is 0 Å². The summed E-state index contributed by atoms with van der Waals surface area (Å²) in [5, 5.41) is 12.1. The summed E-state index contributed by atoms with van der Waals surface area (Å²) < 4.78 is 5.65. The topological polar surface area (TPSA) is 68.0 Å². The van der Waals surface area contributed by atoms with Crippen molar-refractivity contribution in [2.24, 2.45) is 0 Å². The minimum atomic E-state index is -0.229. The summed E-state index contributed by atoms with van der Waals surface area (Å²) in [7, 11) is 0. The number of hydrogen-bond donors (Lipinski definition) is 1. The first kappa shape index (κ1) is 20.2. The number of nitrogens with one attached hydrogen (secondary N) is 1. The van der Waals surface area contributed by atoms with Gasteiger partial charge in [-0.3, -0.25) is 4.79 Å². The summed E-state index contributed by atoms with van der Waals surface area (Å²) in [5.74, 6) is 0.434. The molecule has 1 heterocycles. The predicted octanol–water partition coefficient (Wildman–Crippen LogP) is 5.39. The van der Waals surface area contributed by atoms with Crippen molar-refractivity contribution in [3.8, 4) is 11.5 Å². The lowest BCUT2D eigenvalue weighted by atomic mass is 9.99. The van der Waals surface area contributed by atoms with Crippen LogP contribution in [0.15, 0.2) is 94.6 Å². The molecule has 1 aromatic heterocycles. The van der Waals surface area contributed by atoms with Crippen molar-refractivity contribution >= 4 is 29.3 Å². The third kappa shape index (κ3) is 5.09. The second-order valence-electron chi connectivity index (χ2n) is 6.49. The highest BCUT2D eigenvalue weighted by molar-refractivity contribution is 7.99. The first-order valence-electron chi connectivity index (χ1n) is 9.30. The van der Waals surface area contributed by atoms with Crippen LogP contribution >= 0.6 is 23.4 Å². The first-order chi connectivity index (χ1) is 14.7. The van der Waals surface area contributed by atoms with Crippen LogP contribution in [-0.2, 0) is 4.79 Å². The van der Waals surface area contributed by atoms with Gasteiger partial charge < -0.3 is 9.73 Å². The summed E-state index contributed by atoms with van der Waals surface area (Å²) in [6.07, 6.45) is 0. The Morgan fingerprint density at radius 3 is 2.10 bits per heavy atom. The van der Waals surface area contributed by atoms with Crippen LogP contribution in [-0.4, -0.2) is 21.9 Å². The van der Waals surface area contributed by atoms with E-state index in [9.17, 15) is 4.79 Å². The first-order valence-corrected chi connectivity index (χ1v) is 10.7. The fourth-order valence-electron chi connectivity index (χ4n) is 2.96. The third-order valence-electron chi connectivity index (χ3n) is 4.40. The summed E-state index contributed by atoms with van der Waals surface area (Å²) in [4.78, 5) is 12.7. The van der Waals surface area contributed by atoms with Crippen LogP contribution in [0.4, 0.5) is 0 Å². The fraction of sp³-hybridized carbons (Fsp3) is 0.0870. The van der Waals surface area contributed by atoms with Gasteiger partial charge in [-0.1, -0.05) is 84.0 Å². The molecule has 4 aromatic rings. The smallest absolute Gasteiger partial charge is 0.277 e. The second kappa shape index (κ2) is 9.61. The number of nitrogens with zero attached hydrogens (tertiary/aromatic N) is 2. The van der Waals surface area contributed by atoms with Gasteiger partial charge in [0.15, 0.2) is 0 Å². The predicted molar refractivity (Wildman–Crippen MR) is 118 cm³/mol. The van der Waals surface area contributed by atoms with E-state index in [0.29, 0.717) is 16.1 Å². The van der Waals surface area contributed by atoms with E-state index in [1.807, 2.05) is 60.7 Å². The van der Waals surface area contributed by atoms with Crippen LogP contribution in [0.5, 0.6) is 0 Å². The Balaban J connectivity index is 1.41. The molecule has 0 radical (unpaired) electrons. The third-order valence-corrected chi connectivity index (χ3v) is 5.47. The molecule has 3 aromatic carbocycles. The van der Waals surface area contributed by atoms with E-state index in [1.54, 1.807) is 24.3 Å². The molecule has 4 rings (SSSR count). The van der Waals surface area contributed by atoms with Gasteiger partial charge in [-0.25, -0.2) is 0 Å². The van der Waals surface area contributed by atoms with Gasteiger partial charge in [0.25, 0.3) is 5.22 Å². The SMILES string of the molecule is O=C(CSc1nnc(-c2ccc(Cl)cc2)o1)NC(c1ccccc1)c1ccccc1. The largest absolute Gasteiger partial charge is 0.411 e. The lowest BCUT2D eigenvalue weighted by Crippen LogP contribution is -2.30. The maximum atomic E-state index is 12.7. The maximum Gasteiger partial charge on any atom is 0.277 e. The molecule has 7 heteroatoms. The number of benzene rings is 3. The molecule has 30 heavy (non-hydrogen) atoms. The Morgan fingerprint density at radius 1 is 0.900 bits per heavy atom. The van der Waals surface area contributed by atoms with E-state index in [4.69, 9.17) is 16.0 Å². The zero-order chi connectivity index (χ0) is 20.8. The number of carbonyl (C=O) groups excluding carboxylic acids is 1. The van der Waals surface area contributed by atoms with Gasteiger partial charge in [-0.2, -0.15) is 0 Å². The molecular weight excluding hydrogens is 418 g/mol. The van der Waals surface area contributed by atoms with Crippen molar-refractivity contribution in [2.75, 3.05) is 5.75 Å². The van der Waals surface area contributed by atoms with E-state index in [-0.39, 0.29) is 17.7 Å². The maximum absolute atomic E-state index is 12.7. The monoisotopic (exact) mass is 435 g/mol. The van der Waals surface area contributed by atoms with E-state index < -0.39 is 0 Å². The number of thioether (sulfide) groups is 1. The molecule has 0 atom stereocenters. The van der Waals surface area contributed by atoms with E-state index in [2.05, 4.69) is 15.5 Å². The lowest BCUT2D eigenvalue weighted by molar-refractivity contribution is -0.119. The van der Waals surface area contributed by atoms with Gasteiger partial charge in [0, 0.05) is 10.6 Å². The minimum Gasteiger partial charge on any atom is -0.411 e. The number of halogens is 1. The summed E-state index contributed by atoms with van der Waals surface area (Å²) in [5.41, 5.74) is 2.81. The molecule has 150 valence electrons. The Labute approximate surface area is 183 Å². The van der Waals surface area contributed by atoms with Gasteiger partial charge in [-0.15, -0.1) is 10.2 Å². The summed E-state index contributed by atoms with van der Waals surface area (Å²) in [6.45, 7) is 0. The quantitative estimate of drug-likeness (QED) is 0.394. The van der Waals surface area contributed by atoms with Crippen LogP contribution in [0.25, 0.3) is 11.5 Å². The summed E-state index contributed by atoms with van der Waals surface area (Å²) in [6, 6.07) is 26.7. The zero-order valence-corrected chi connectivity index (χ0v) is 17.4. The molecule has 0 saturated carbocycles.